The number of halogens is 2. The maximum atomic E-state index is 15.2. The fourth-order valence-electron chi connectivity index (χ4n) is 8.19. The second kappa shape index (κ2) is 19.7. The van der Waals surface area contributed by atoms with E-state index in [0.717, 1.165) is 24.3 Å². The Hall–Kier alpha value is -7.81. The molecule has 4 aromatic carbocycles. The van der Waals surface area contributed by atoms with E-state index in [1.165, 1.54) is 38.7 Å². The summed E-state index contributed by atoms with van der Waals surface area (Å²) in [5, 5.41) is 5.22. The van der Waals surface area contributed by atoms with Gasteiger partial charge >= 0.3 is 22.6 Å². The van der Waals surface area contributed by atoms with Crippen LogP contribution < -0.4 is 19.0 Å². The van der Waals surface area contributed by atoms with Crippen LogP contribution in [0.3, 0.4) is 0 Å². The minimum atomic E-state index is -5.16. The number of rotatable bonds is 14. The molecule has 0 saturated carbocycles. The maximum absolute atomic E-state index is 15.2. The molecule has 0 aliphatic carbocycles. The van der Waals surface area contributed by atoms with E-state index >= 15 is 8.78 Å². The van der Waals surface area contributed by atoms with Gasteiger partial charge in [-0.05, 0) is 73.2 Å². The molecule has 2 aliphatic heterocycles. The summed E-state index contributed by atoms with van der Waals surface area (Å²) in [6, 6.07) is 21.2. The smallest absolute Gasteiger partial charge is 0.453 e. The van der Waals surface area contributed by atoms with Gasteiger partial charge in [0.05, 0.1) is 50.1 Å². The molecule has 8 rings (SSSR count). The quantitative estimate of drug-likeness (QED) is 0.0869. The number of likely N-dealkylation sites (tertiary alicyclic amines) is 2. The van der Waals surface area contributed by atoms with Gasteiger partial charge in [-0.3, -0.25) is 9.59 Å². The average Bonchev–Trinajstić information content (AvgIpc) is 4.19. The van der Waals surface area contributed by atoms with Crippen LogP contribution in [0.4, 0.5) is 18.4 Å². The van der Waals surface area contributed by atoms with E-state index < -0.39 is 69.9 Å². The van der Waals surface area contributed by atoms with Crippen LogP contribution in [0.1, 0.15) is 72.6 Å². The SMILES string of the molecule is COC(=O)N[C@@H](C(=O)N1CCC[C@H]1c1ncc(-c2ccc(F)c(OS(=O)(=O)Oc3cc(-c4cnc([C@@H]5CCCN5C(=O)[C@H](NC(=O)OC)c5ccccc5)[nH]4)ccc3F)c2)[nH]1)c1ccccc1. The summed E-state index contributed by atoms with van der Waals surface area (Å²) < 4.78 is 76.4. The van der Waals surface area contributed by atoms with Gasteiger partial charge in [0.25, 0.3) is 11.8 Å². The van der Waals surface area contributed by atoms with Crippen molar-refractivity contribution in [2.24, 2.45) is 0 Å². The lowest BCUT2D eigenvalue weighted by atomic mass is 10.1. The van der Waals surface area contributed by atoms with Gasteiger partial charge in [-0.1, -0.05) is 60.7 Å². The molecule has 0 bridgehead atoms. The van der Waals surface area contributed by atoms with Crippen molar-refractivity contribution in [2.75, 3.05) is 27.3 Å². The zero-order chi connectivity index (χ0) is 47.2. The van der Waals surface area contributed by atoms with Crippen molar-refractivity contribution < 1.29 is 54.2 Å². The van der Waals surface area contributed by atoms with Crippen LogP contribution in [0.25, 0.3) is 22.5 Å². The van der Waals surface area contributed by atoms with Crippen molar-refractivity contribution in [3.05, 3.63) is 144 Å². The number of carbonyl (C=O) groups excluding carboxylic acids is 4. The van der Waals surface area contributed by atoms with Gasteiger partial charge in [-0.2, -0.15) is 0 Å². The molecule has 4 amide bonds. The number of methoxy groups -OCH3 is 2. The first-order valence-corrected chi connectivity index (χ1v) is 22.4. The van der Waals surface area contributed by atoms with E-state index in [1.54, 1.807) is 70.5 Å². The number of carbonyl (C=O) groups is 4. The predicted molar refractivity (Wildman–Crippen MR) is 235 cm³/mol. The van der Waals surface area contributed by atoms with Crippen molar-refractivity contribution in [3.63, 3.8) is 0 Å². The molecular weight excluding hydrogens is 895 g/mol. The fraction of sp³-hybridized carbons (Fsp3) is 0.261. The van der Waals surface area contributed by atoms with E-state index in [0.29, 0.717) is 72.9 Å². The number of amides is 4. The van der Waals surface area contributed by atoms with Crippen molar-refractivity contribution in [1.29, 1.82) is 0 Å². The lowest BCUT2D eigenvalue weighted by Gasteiger charge is -2.28. The minimum absolute atomic E-state index is 0.261. The van der Waals surface area contributed by atoms with Crippen molar-refractivity contribution in [2.45, 2.75) is 49.9 Å². The number of ether oxygens (including phenoxy) is 2. The summed E-state index contributed by atoms with van der Waals surface area (Å²) in [6.45, 7) is 0.752. The van der Waals surface area contributed by atoms with E-state index in [2.05, 4.69) is 30.6 Å². The Morgan fingerprint density at radius 2 is 1.04 bits per heavy atom. The zero-order valence-corrected chi connectivity index (χ0v) is 36.8. The Morgan fingerprint density at radius 1 is 0.642 bits per heavy atom. The van der Waals surface area contributed by atoms with Crippen LogP contribution in [0, 0.1) is 11.6 Å². The summed E-state index contributed by atoms with van der Waals surface area (Å²) >= 11 is 0. The summed E-state index contributed by atoms with van der Waals surface area (Å²) in [5.74, 6) is -3.62. The number of hydrogen-bond acceptors (Lipinski definition) is 12. The van der Waals surface area contributed by atoms with Crippen LogP contribution >= 0.6 is 0 Å². The van der Waals surface area contributed by atoms with Gasteiger partial charge in [0.1, 0.15) is 23.7 Å². The molecule has 4 N–H and O–H groups in total. The summed E-state index contributed by atoms with van der Waals surface area (Å²) in [5.41, 5.74) is 2.30. The normalized spacial score (nSPS) is 16.8. The lowest BCUT2D eigenvalue weighted by Crippen LogP contribution is -2.42. The number of alkyl carbamates (subject to hydrolysis) is 2. The standard InChI is InChI=1S/C46H44F2N8O10S/c1-63-45(59)53-39(27-11-5-3-6-12-27)43(57)55-21-9-15-35(55)41-49-25-33(51-41)29-17-19-31(47)37(23-29)65-67(61,62)66-38-24-30(18-20-32(38)48)34-26-50-42(52-34)36-16-10-22-56(36)44(58)40(54-46(60)64-2)28-13-7-4-8-14-28/h3-8,11-14,17-20,23-26,35-36,39-40H,9-10,15-16,21-22H2,1-2H3,(H,49,51)(H,50,52)(H,53,59)(H,54,60)/t35-,36-,39+,40+/m0/s1. The molecule has 21 heteroatoms. The Bertz CT molecular complexity index is 2700. The number of nitrogens with zero attached hydrogens (tertiary/aromatic N) is 4. The lowest BCUT2D eigenvalue weighted by molar-refractivity contribution is -0.135. The van der Waals surface area contributed by atoms with E-state index in [9.17, 15) is 27.6 Å². The number of nitrogens with one attached hydrogen (secondary N) is 4. The van der Waals surface area contributed by atoms with E-state index in [4.69, 9.17) is 17.8 Å². The van der Waals surface area contributed by atoms with Crippen molar-refractivity contribution >= 4 is 34.4 Å². The summed E-state index contributed by atoms with van der Waals surface area (Å²) in [7, 11) is -2.76. The van der Waals surface area contributed by atoms with Crippen LogP contribution in [0.2, 0.25) is 0 Å². The highest BCUT2D eigenvalue weighted by Crippen LogP contribution is 2.37. The molecule has 2 aliphatic rings. The van der Waals surface area contributed by atoms with Gasteiger partial charge in [-0.15, -0.1) is 8.42 Å². The maximum Gasteiger partial charge on any atom is 0.501 e. The first-order valence-electron chi connectivity index (χ1n) is 21.1. The fourth-order valence-corrected chi connectivity index (χ4v) is 8.92. The third kappa shape index (κ3) is 10.2. The highest BCUT2D eigenvalue weighted by molar-refractivity contribution is 7.82. The largest absolute Gasteiger partial charge is 0.501 e. The van der Waals surface area contributed by atoms with E-state index in [-0.39, 0.29) is 22.9 Å². The number of hydrogen-bond donors (Lipinski definition) is 4. The Morgan fingerprint density at radius 3 is 1.43 bits per heavy atom. The number of benzene rings is 4. The number of imidazole rings is 2. The van der Waals surface area contributed by atoms with Crippen LogP contribution in [-0.2, 0) is 29.5 Å². The summed E-state index contributed by atoms with van der Waals surface area (Å²) in [6.07, 6.45) is 3.68. The third-order valence-corrected chi connectivity index (χ3v) is 12.2. The van der Waals surface area contributed by atoms with Gasteiger partial charge in [0.2, 0.25) is 0 Å². The number of aromatic amines is 2. The molecule has 0 radical (unpaired) electrons. The first kappa shape index (κ1) is 45.7. The van der Waals surface area contributed by atoms with Crippen molar-refractivity contribution in [3.8, 4) is 34.0 Å². The molecule has 348 valence electrons. The molecule has 2 saturated heterocycles. The minimum Gasteiger partial charge on any atom is -0.453 e. The molecule has 6 aromatic rings. The van der Waals surface area contributed by atoms with Crippen molar-refractivity contribution in [1.82, 2.24) is 40.4 Å². The topological polar surface area (TPSA) is 227 Å². The first-order chi connectivity index (χ1) is 32.3. The molecule has 67 heavy (non-hydrogen) atoms. The Labute approximate surface area is 382 Å². The van der Waals surface area contributed by atoms with Gasteiger partial charge in [0, 0.05) is 24.2 Å². The molecule has 2 aromatic heterocycles. The molecule has 4 atom stereocenters. The molecule has 18 nitrogen and oxygen atoms in total. The second-order valence-corrected chi connectivity index (χ2v) is 16.7. The second-order valence-electron chi connectivity index (χ2n) is 15.6. The summed E-state index contributed by atoms with van der Waals surface area (Å²) in [4.78, 5) is 70.7. The zero-order valence-electron chi connectivity index (χ0n) is 36.0. The average molecular weight is 939 g/mol. The highest BCUT2D eigenvalue weighted by atomic mass is 32.3. The number of aromatic nitrogens is 4. The highest BCUT2D eigenvalue weighted by Gasteiger charge is 2.39. The monoisotopic (exact) mass is 938 g/mol. The number of H-pyrrole nitrogens is 2. The van der Waals surface area contributed by atoms with Gasteiger partial charge in [-0.25, -0.2) is 28.3 Å². The van der Waals surface area contributed by atoms with E-state index in [1.807, 2.05) is 0 Å². The molecule has 0 spiro atoms. The Balaban J connectivity index is 0.958. The molecule has 4 heterocycles. The molecular formula is C46H44F2N8O10S. The predicted octanol–water partition coefficient (Wildman–Crippen LogP) is 6.97. The van der Waals surface area contributed by atoms with Gasteiger partial charge in [0.15, 0.2) is 23.1 Å². The third-order valence-electron chi connectivity index (χ3n) is 11.4. The Kier molecular flexibility index (Phi) is 13.5. The van der Waals surface area contributed by atoms with Crippen LogP contribution in [0.5, 0.6) is 11.5 Å². The van der Waals surface area contributed by atoms with Crippen LogP contribution in [0.15, 0.2) is 109 Å². The van der Waals surface area contributed by atoms with Crippen LogP contribution in [-0.4, -0.2) is 89.5 Å². The molecule has 0 unspecified atom stereocenters. The molecule has 2 fully saturated rings. The van der Waals surface area contributed by atoms with Gasteiger partial charge < -0.3 is 48.2 Å².